The second-order valence-corrected chi connectivity index (χ2v) is 0. The maximum atomic E-state index is 0. The normalized spacial score (nSPS) is 0. The predicted octanol–water partition coefficient (Wildman–Crippen LogP) is -0.808. The van der Waals surface area contributed by atoms with Crippen molar-refractivity contribution < 1.29 is 34.1 Å². The van der Waals surface area contributed by atoms with Gasteiger partial charge in [0.2, 0.25) is 0 Å². The molecule has 0 atom stereocenters. The fourth-order valence-corrected chi connectivity index (χ4v) is 0. The molecule has 0 saturated carbocycles. The van der Waals surface area contributed by atoms with Gasteiger partial charge in [-0.25, -0.2) is 0 Å². The van der Waals surface area contributed by atoms with Crippen molar-refractivity contribution in [3.63, 3.8) is 0 Å². The average Bonchev–Trinajstić information content (AvgIpc) is 0. The third kappa shape index (κ3) is 8.89. The molecule has 0 aromatic heterocycles. The summed E-state index contributed by atoms with van der Waals surface area (Å²) in [6, 6.07) is 0. The van der Waals surface area contributed by atoms with Crippen LogP contribution in [0.25, 0.3) is 0 Å². The SMILES string of the molecule is S.[Cu].[Mn].[SnH2]. The van der Waals surface area contributed by atoms with Gasteiger partial charge in [0, 0.05) is 34.1 Å². The number of hydrogen-bond acceptors (Lipinski definition) is 0. The fraction of sp³-hybridized carbons (Fsp3) is 0. The van der Waals surface area contributed by atoms with E-state index in [0.29, 0.717) is 0 Å². The molecule has 0 fully saturated rings. The molecule has 0 heterocycles. The Kier molecular flexibility index (Phi) is 165. The summed E-state index contributed by atoms with van der Waals surface area (Å²) in [4.78, 5) is 0. The van der Waals surface area contributed by atoms with E-state index < -0.39 is 0 Å². The first kappa shape index (κ1) is 34.8. The zero-order valence-electron chi connectivity index (χ0n) is 1.89. The maximum absolute atomic E-state index is 0. The van der Waals surface area contributed by atoms with Crippen LogP contribution in [0, 0.1) is 0 Å². The van der Waals surface area contributed by atoms with E-state index in [-0.39, 0.29) is 71.5 Å². The Balaban J connectivity index is 0. The van der Waals surface area contributed by atoms with Gasteiger partial charge in [-0.1, -0.05) is 0 Å². The van der Waals surface area contributed by atoms with Crippen LogP contribution in [-0.2, 0) is 34.1 Å². The van der Waals surface area contributed by atoms with Crippen LogP contribution in [0.5, 0.6) is 0 Å². The molecule has 0 aromatic rings. The van der Waals surface area contributed by atoms with E-state index >= 15 is 0 Å². The fourth-order valence-electron chi connectivity index (χ4n) is 0. The summed E-state index contributed by atoms with van der Waals surface area (Å²) < 4.78 is 0. The van der Waals surface area contributed by atoms with Gasteiger partial charge in [0.15, 0.2) is 0 Å². The molecule has 32 valence electrons. The zero-order valence-corrected chi connectivity index (χ0v) is 9.04. The molecule has 0 amide bonds. The third-order valence-corrected chi connectivity index (χ3v) is 0. The first-order chi connectivity index (χ1) is 0. The summed E-state index contributed by atoms with van der Waals surface area (Å²) in [7, 11) is 0. The van der Waals surface area contributed by atoms with Crippen molar-refractivity contribution >= 4 is 37.4 Å². The van der Waals surface area contributed by atoms with Gasteiger partial charge in [-0.05, 0) is 0 Å². The van der Waals surface area contributed by atoms with Crippen LogP contribution in [0.1, 0.15) is 0 Å². The molecule has 4 heavy (non-hydrogen) atoms. The first-order valence-electron chi connectivity index (χ1n) is 0. The van der Waals surface area contributed by atoms with Crippen molar-refractivity contribution in [3.8, 4) is 0 Å². The van der Waals surface area contributed by atoms with Crippen molar-refractivity contribution in [3.05, 3.63) is 0 Å². The standard InChI is InChI=1S/Cu.Mn.H2S.Sn.2H/h;;1H2;;;. The molecule has 0 rings (SSSR count). The Bertz CT molecular complexity index is 8.00. The Labute approximate surface area is 70.8 Å². The molecule has 0 saturated heterocycles. The molecular weight excluding hydrogens is 269 g/mol. The summed E-state index contributed by atoms with van der Waals surface area (Å²) in [5, 5.41) is 0. The third-order valence-electron chi connectivity index (χ3n) is 0. The van der Waals surface area contributed by atoms with Gasteiger partial charge in [-0.2, -0.15) is 13.5 Å². The molecule has 0 aliphatic rings. The number of rotatable bonds is 0. The predicted molar refractivity (Wildman–Crippen MR) is 18.9 cm³/mol. The Morgan fingerprint density at radius 3 is 1.00 bits per heavy atom. The molecular formula is H4CuMnSSn. The molecule has 0 spiro atoms. The second kappa shape index (κ2) is 19.0. The average molecular weight is 273 g/mol. The van der Waals surface area contributed by atoms with E-state index in [0.717, 1.165) is 0 Å². The first-order valence-corrected chi connectivity index (χ1v) is 0. The van der Waals surface area contributed by atoms with Crippen molar-refractivity contribution in [2.75, 3.05) is 0 Å². The van der Waals surface area contributed by atoms with Crippen molar-refractivity contribution in [1.82, 2.24) is 0 Å². The Hall–Kier alpha value is 2.19. The summed E-state index contributed by atoms with van der Waals surface area (Å²) in [6.45, 7) is 0. The van der Waals surface area contributed by atoms with Crippen LogP contribution >= 0.6 is 13.5 Å². The van der Waals surface area contributed by atoms with E-state index in [1.165, 1.54) is 0 Å². The second-order valence-electron chi connectivity index (χ2n) is 0. The van der Waals surface area contributed by atoms with Crippen molar-refractivity contribution in [2.45, 2.75) is 0 Å². The summed E-state index contributed by atoms with van der Waals surface area (Å²) in [5.41, 5.74) is 0. The summed E-state index contributed by atoms with van der Waals surface area (Å²) in [6.07, 6.45) is 0. The number of hydrogen-bond donors (Lipinski definition) is 0. The molecule has 4 radical (unpaired) electrons. The van der Waals surface area contributed by atoms with Crippen LogP contribution in [-0.4, -0.2) is 23.9 Å². The molecule has 0 nitrogen and oxygen atoms in total. The molecule has 4 heteroatoms. The van der Waals surface area contributed by atoms with Crippen LogP contribution in [0.15, 0.2) is 0 Å². The van der Waals surface area contributed by atoms with E-state index in [2.05, 4.69) is 0 Å². The van der Waals surface area contributed by atoms with Crippen molar-refractivity contribution in [1.29, 1.82) is 0 Å². The molecule has 0 aromatic carbocycles. The van der Waals surface area contributed by atoms with E-state index in [1.807, 2.05) is 0 Å². The molecule has 0 bridgehead atoms. The van der Waals surface area contributed by atoms with E-state index in [1.54, 1.807) is 0 Å². The van der Waals surface area contributed by atoms with Gasteiger partial charge >= 0.3 is 23.9 Å². The Morgan fingerprint density at radius 2 is 1.00 bits per heavy atom. The molecule has 0 unspecified atom stereocenters. The van der Waals surface area contributed by atoms with Gasteiger partial charge in [0.1, 0.15) is 0 Å². The van der Waals surface area contributed by atoms with E-state index in [4.69, 9.17) is 0 Å². The van der Waals surface area contributed by atoms with Crippen LogP contribution in [0.2, 0.25) is 0 Å². The van der Waals surface area contributed by atoms with Gasteiger partial charge in [-0.3, -0.25) is 0 Å². The van der Waals surface area contributed by atoms with E-state index in [9.17, 15) is 0 Å². The van der Waals surface area contributed by atoms with Gasteiger partial charge < -0.3 is 0 Å². The van der Waals surface area contributed by atoms with Gasteiger partial charge in [0.25, 0.3) is 0 Å². The van der Waals surface area contributed by atoms with Gasteiger partial charge in [-0.15, -0.1) is 0 Å². The van der Waals surface area contributed by atoms with Gasteiger partial charge in [0.05, 0.1) is 0 Å². The van der Waals surface area contributed by atoms with Crippen LogP contribution < -0.4 is 0 Å². The quantitative estimate of drug-likeness (QED) is 0.507. The molecule has 0 N–H and O–H groups in total. The van der Waals surface area contributed by atoms with Crippen LogP contribution in [0.3, 0.4) is 0 Å². The minimum atomic E-state index is 0. The molecule has 0 aliphatic heterocycles. The molecule has 0 aliphatic carbocycles. The minimum absolute atomic E-state index is 0. The summed E-state index contributed by atoms with van der Waals surface area (Å²) >= 11 is 0. The summed E-state index contributed by atoms with van der Waals surface area (Å²) in [5.74, 6) is 0. The zero-order chi connectivity index (χ0) is 0. The topological polar surface area (TPSA) is 0 Å². The monoisotopic (exact) mass is 274 g/mol. The van der Waals surface area contributed by atoms with Crippen LogP contribution in [0.4, 0.5) is 0 Å². The van der Waals surface area contributed by atoms with Crippen molar-refractivity contribution in [2.24, 2.45) is 0 Å². The Morgan fingerprint density at radius 1 is 1.00 bits per heavy atom.